The third-order valence-electron chi connectivity index (χ3n) is 8.64. The van der Waals surface area contributed by atoms with E-state index in [1.807, 2.05) is 6.20 Å². The van der Waals surface area contributed by atoms with Crippen molar-refractivity contribution in [2.45, 2.75) is 25.7 Å². The predicted molar refractivity (Wildman–Crippen MR) is 141 cm³/mol. The van der Waals surface area contributed by atoms with Crippen LogP contribution in [0.15, 0.2) is 85.1 Å². The second-order valence-corrected chi connectivity index (χ2v) is 10.3. The molecular weight excluding hydrogens is 424 g/mol. The van der Waals surface area contributed by atoms with Crippen molar-refractivity contribution in [2.24, 2.45) is 0 Å². The fourth-order valence-electron chi connectivity index (χ4n) is 7.17. The Morgan fingerprint density at radius 1 is 0.514 bits per heavy atom. The zero-order chi connectivity index (χ0) is 22.7. The number of hydrogen-bond donors (Lipinski definition) is 0. The van der Waals surface area contributed by atoms with Gasteiger partial charge < -0.3 is 4.90 Å². The van der Waals surface area contributed by atoms with E-state index in [2.05, 4.69) is 83.8 Å². The Morgan fingerprint density at radius 2 is 1.26 bits per heavy atom. The fourth-order valence-corrected chi connectivity index (χ4v) is 7.17. The maximum absolute atomic E-state index is 4.84. The van der Waals surface area contributed by atoms with Gasteiger partial charge in [0.2, 0.25) is 0 Å². The molecule has 0 spiro atoms. The zero-order valence-corrected chi connectivity index (χ0v) is 19.3. The highest BCUT2D eigenvalue weighted by Gasteiger charge is 2.38. The van der Waals surface area contributed by atoms with Crippen LogP contribution < -0.4 is 4.90 Å². The van der Waals surface area contributed by atoms with Crippen LogP contribution in [0.3, 0.4) is 0 Å². The van der Waals surface area contributed by atoms with E-state index in [0.717, 1.165) is 25.7 Å². The molecule has 35 heavy (non-hydrogen) atoms. The van der Waals surface area contributed by atoms with E-state index in [-0.39, 0.29) is 0 Å². The lowest BCUT2D eigenvalue weighted by Crippen LogP contribution is -2.26. The first-order valence-electron chi connectivity index (χ1n) is 12.6. The van der Waals surface area contributed by atoms with Gasteiger partial charge in [-0.2, -0.15) is 0 Å². The highest BCUT2D eigenvalue weighted by atomic mass is 15.2. The lowest BCUT2D eigenvalue weighted by atomic mass is 9.81. The Kier molecular flexibility index (Phi) is 3.27. The summed E-state index contributed by atoms with van der Waals surface area (Å²) >= 11 is 0. The Hall–Kier alpha value is -4.17. The normalized spacial score (nSPS) is 14.9. The Morgan fingerprint density at radius 3 is 2.09 bits per heavy atom. The highest BCUT2D eigenvalue weighted by Crippen LogP contribution is 2.56. The lowest BCUT2D eigenvalue weighted by Gasteiger charge is -2.40. The second-order valence-electron chi connectivity index (χ2n) is 10.3. The summed E-state index contributed by atoms with van der Waals surface area (Å²) in [7, 11) is 0. The Labute approximate surface area is 204 Å². The Bertz CT molecular complexity index is 1760. The number of hydrogen-bond acceptors (Lipinski definition) is 2. The average Bonchev–Trinajstić information content (AvgIpc) is 3.47. The molecule has 0 atom stereocenters. The van der Waals surface area contributed by atoms with Gasteiger partial charge in [-0.05, 0) is 98.3 Å². The van der Waals surface area contributed by atoms with E-state index in [9.17, 15) is 0 Å². The summed E-state index contributed by atoms with van der Waals surface area (Å²) in [6, 6.07) is 29.5. The molecule has 4 aliphatic rings. The molecule has 4 aromatic carbocycles. The van der Waals surface area contributed by atoms with Crippen LogP contribution in [0, 0.1) is 0 Å². The summed E-state index contributed by atoms with van der Waals surface area (Å²) in [5, 5.41) is 0. The molecule has 5 aromatic rings. The minimum absolute atomic E-state index is 0.899. The number of anilines is 3. The molecule has 0 bridgehead atoms. The summed E-state index contributed by atoms with van der Waals surface area (Å²) in [6.45, 7) is 0. The van der Waals surface area contributed by atoms with E-state index in [1.165, 1.54) is 84.0 Å². The smallest absolute Gasteiger partial charge is 0.0688 e. The fraction of sp³-hybridized carbons (Fsp3) is 0.121. The number of benzene rings is 4. The molecule has 2 aliphatic carbocycles. The van der Waals surface area contributed by atoms with Crippen molar-refractivity contribution < 1.29 is 0 Å². The first-order chi connectivity index (χ1) is 17.3. The maximum Gasteiger partial charge on any atom is 0.0688 e. The van der Waals surface area contributed by atoms with Gasteiger partial charge in [0.25, 0.3) is 0 Å². The van der Waals surface area contributed by atoms with Gasteiger partial charge in [-0.1, -0.05) is 54.6 Å². The van der Waals surface area contributed by atoms with Crippen molar-refractivity contribution in [3.63, 3.8) is 0 Å². The van der Waals surface area contributed by atoms with Crippen molar-refractivity contribution in [3.8, 4) is 22.3 Å². The van der Waals surface area contributed by atoms with Crippen molar-refractivity contribution in [1.29, 1.82) is 0 Å². The standard InChI is InChI=1S/C33H22N2/c1-3-8-22-19(6-1)14-26-24(22)11-12-31-28(26)18-29-27-15-20-7-2-4-9-23(20)25(27)16-21-17-30-32(10-5-13-34-30)35(31)33(21)29/h1-13,16H,14-15,17-18H2. The molecule has 9 rings (SSSR count). The molecule has 0 saturated carbocycles. The summed E-state index contributed by atoms with van der Waals surface area (Å²) in [4.78, 5) is 7.39. The molecule has 0 radical (unpaired) electrons. The van der Waals surface area contributed by atoms with E-state index in [0.29, 0.717) is 0 Å². The average molecular weight is 447 g/mol. The quantitative estimate of drug-likeness (QED) is 0.240. The minimum atomic E-state index is 0.899. The number of rotatable bonds is 0. The molecule has 3 heterocycles. The SMILES string of the molecule is c1ccc2c(c1)Cc1c-2ccc2c1Cc1c3c(cc4c1N2c1cccnc1C4)-c1ccccc1C3. The van der Waals surface area contributed by atoms with E-state index in [4.69, 9.17) is 4.98 Å². The number of nitrogens with zero attached hydrogens (tertiary/aromatic N) is 2. The minimum Gasteiger partial charge on any atom is -0.308 e. The summed E-state index contributed by atoms with van der Waals surface area (Å²) in [5.74, 6) is 0. The maximum atomic E-state index is 4.84. The molecule has 1 aromatic heterocycles. The molecule has 0 N–H and O–H groups in total. The van der Waals surface area contributed by atoms with Crippen LogP contribution in [0.1, 0.15) is 44.6 Å². The van der Waals surface area contributed by atoms with Gasteiger partial charge in [-0.15, -0.1) is 0 Å². The molecule has 0 amide bonds. The van der Waals surface area contributed by atoms with E-state index < -0.39 is 0 Å². The van der Waals surface area contributed by atoms with Gasteiger partial charge in [0.05, 0.1) is 22.8 Å². The largest absolute Gasteiger partial charge is 0.308 e. The predicted octanol–water partition coefficient (Wildman–Crippen LogP) is 7.50. The van der Waals surface area contributed by atoms with Crippen LogP contribution in [0.25, 0.3) is 22.3 Å². The molecule has 2 aliphatic heterocycles. The summed E-state index contributed by atoms with van der Waals surface area (Å²) in [5.41, 5.74) is 21.2. The third-order valence-corrected chi connectivity index (χ3v) is 8.64. The van der Waals surface area contributed by atoms with Crippen molar-refractivity contribution in [3.05, 3.63) is 130 Å². The summed E-state index contributed by atoms with van der Waals surface area (Å²) < 4.78 is 0. The van der Waals surface area contributed by atoms with E-state index >= 15 is 0 Å². The zero-order valence-electron chi connectivity index (χ0n) is 19.3. The van der Waals surface area contributed by atoms with Gasteiger partial charge in [0, 0.05) is 19.0 Å². The molecule has 0 fully saturated rings. The highest BCUT2D eigenvalue weighted by molar-refractivity contribution is 5.95. The molecular formula is C33H22N2. The summed E-state index contributed by atoms with van der Waals surface area (Å²) in [6.07, 6.45) is 5.91. The molecule has 164 valence electrons. The van der Waals surface area contributed by atoms with Gasteiger partial charge >= 0.3 is 0 Å². The first kappa shape index (κ1) is 18.2. The third kappa shape index (κ3) is 2.23. The number of fused-ring (bicyclic) bond motifs is 12. The lowest BCUT2D eigenvalue weighted by molar-refractivity contribution is 0.953. The number of pyridine rings is 1. The van der Waals surface area contributed by atoms with Gasteiger partial charge in [-0.25, -0.2) is 0 Å². The van der Waals surface area contributed by atoms with Crippen molar-refractivity contribution >= 4 is 17.1 Å². The monoisotopic (exact) mass is 446 g/mol. The van der Waals surface area contributed by atoms with Crippen LogP contribution in [-0.4, -0.2) is 4.98 Å². The molecule has 0 unspecified atom stereocenters. The van der Waals surface area contributed by atoms with Gasteiger partial charge in [0.15, 0.2) is 0 Å². The second kappa shape index (κ2) is 6.28. The van der Waals surface area contributed by atoms with Crippen LogP contribution in [0.4, 0.5) is 17.1 Å². The topological polar surface area (TPSA) is 16.1 Å². The number of aromatic nitrogens is 1. The van der Waals surface area contributed by atoms with Crippen LogP contribution in [0.5, 0.6) is 0 Å². The van der Waals surface area contributed by atoms with Crippen molar-refractivity contribution in [1.82, 2.24) is 4.98 Å². The molecule has 2 nitrogen and oxygen atoms in total. The Balaban J connectivity index is 1.35. The molecule has 0 saturated heterocycles. The van der Waals surface area contributed by atoms with Gasteiger partial charge in [-0.3, -0.25) is 4.98 Å². The van der Waals surface area contributed by atoms with E-state index in [1.54, 1.807) is 0 Å². The van der Waals surface area contributed by atoms with Crippen LogP contribution in [0.2, 0.25) is 0 Å². The van der Waals surface area contributed by atoms with Gasteiger partial charge in [0.1, 0.15) is 0 Å². The van der Waals surface area contributed by atoms with Crippen LogP contribution in [-0.2, 0) is 25.7 Å². The molecule has 2 heteroatoms. The first-order valence-corrected chi connectivity index (χ1v) is 12.6. The van der Waals surface area contributed by atoms with Crippen LogP contribution >= 0.6 is 0 Å². The van der Waals surface area contributed by atoms with Crippen molar-refractivity contribution in [2.75, 3.05) is 4.90 Å².